The van der Waals surface area contributed by atoms with Gasteiger partial charge in [-0.25, -0.2) is 0 Å². The Labute approximate surface area is 84.1 Å². The highest BCUT2D eigenvalue weighted by Crippen LogP contribution is 2.19. The molecule has 0 aliphatic rings. The number of likely N-dealkylation sites (N-methyl/N-ethyl adjacent to an activating group) is 1. The highest BCUT2D eigenvalue weighted by atomic mass is 35.5. The fraction of sp³-hybridized carbons (Fsp3) is 0.400. The number of benzene rings is 1. The van der Waals surface area contributed by atoms with E-state index in [0.29, 0.717) is 6.04 Å². The Kier molecular flexibility index (Phi) is 3.58. The largest absolute Gasteiger partial charge is 0.399 e. The highest BCUT2D eigenvalue weighted by molar-refractivity contribution is 6.30. The molecule has 0 aromatic heterocycles. The molecule has 1 aromatic carbocycles. The normalized spacial score (nSPS) is 12.8. The van der Waals surface area contributed by atoms with E-state index < -0.39 is 0 Å². The molecule has 0 bridgehead atoms. The van der Waals surface area contributed by atoms with Gasteiger partial charge in [0.15, 0.2) is 0 Å². The molecule has 0 aliphatic carbocycles. The van der Waals surface area contributed by atoms with Gasteiger partial charge in [0.2, 0.25) is 0 Å². The van der Waals surface area contributed by atoms with E-state index in [2.05, 4.69) is 12.2 Å². The Morgan fingerprint density at radius 1 is 1.54 bits per heavy atom. The van der Waals surface area contributed by atoms with E-state index in [0.717, 1.165) is 22.7 Å². The smallest absolute Gasteiger partial charge is 0.0410 e. The summed E-state index contributed by atoms with van der Waals surface area (Å²) in [6.07, 6.45) is 0.906. The predicted octanol–water partition coefficient (Wildman–Crippen LogP) is 2.07. The fourth-order valence-corrected chi connectivity index (χ4v) is 1.38. The molecule has 3 heteroatoms. The van der Waals surface area contributed by atoms with Crippen molar-refractivity contribution in [3.05, 3.63) is 28.8 Å². The van der Waals surface area contributed by atoms with E-state index in [9.17, 15) is 0 Å². The summed E-state index contributed by atoms with van der Waals surface area (Å²) in [5.74, 6) is 0. The summed E-state index contributed by atoms with van der Waals surface area (Å²) in [6.45, 7) is 2.11. The summed E-state index contributed by atoms with van der Waals surface area (Å²) in [7, 11) is 1.94. The maximum atomic E-state index is 5.87. The van der Waals surface area contributed by atoms with Crippen LogP contribution in [-0.2, 0) is 6.42 Å². The first-order chi connectivity index (χ1) is 6.13. The summed E-state index contributed by atoms with van der Waals surface area (Å²) in [6, 6.07) is 6.00. The molecular formula is C10H15ClN2. The van der Waals surface area contributed by atoms with E-state index >= 15 is 0 Å². The van der Waals surface area contributed by atoms with Crippen LogP contribution in [0.3, 0.4) is 0 Å². The molecule has 3 N–H and O–H groups in total. The average molecular weight is 199 g/mol. The zero-order valence-electron chi connectivity index (χ0n) is 7.97. The molecule has 0 saturated heterocycles. The van der Waals surface area contributed by atoms with Crippen LogP contribution in [0, 0.1) is 0 Å². The first kappa shape index (κ1) is 10.4. The molecule has 1 atom stereocenters. The van der Waals surface area contributed by atoms with Crippen molar-refractivity contribution in [3.63, 3.8) is 0 Å². The van der Waals surface area contributed by atoms with E-state index in [1.54, 1.807) is 0 Å². The van der Waals surface area contributed by atoms with E-state index in [1.807, 2.05) is 25.2 Å². The Balaban J connectivity index is 2.81. The quantitative estimate of drug-likeness (QED) is 0.730. The van der Waals surface area contributed by atoms with Crippen LogP contribution < -0.4 is 11.1 Å². The van der Waals surface area contributed by atoms with Crippen LogP contribution in [0.4, 0.5) is 5.69 Å². The molecule has 1 aromatic rings. The Bertz CT molecular complexity index is 286. The Morgan fingerprint density at radius 3 is 2.85 bits per heavy atom. The number of nitrogen functional groups attached to an aromatic ring is 1. The number of nitrogens with one attached hydrogen (secondary N) is 1. The van der Waals surface area contributed by atoms with Gasteiger partial charge in [0.05, 0.1) is 0 Å². The lowest BCUT2D eigenvalue weighted by molar-refractivity contribution is 0.609. The van der Waals surface area contributed by atoms with Crippen molar-refractivity contribution in [2.75, 3.05) is 12.8 Å². The number of rotatable bonds is 3. The van der Waals surface area contributed by atoms with Crippen molar-refractivity contribution in [2.45, 2.75) is 19.4 Å². The standard InChI is InChI=1S/C10H15ClN2/c1-7(13-2)5-8-6-9(11)3-4-10(8)12/h3-4,6-7,13H,5,12H2,1-2H3. The molecule has 0 heterocycles. The van der Waals surface area contributed by atoms with Crippen LogP contribution in [0.2, 0.25) is 5.02 Å². The molecule has 0 radical (unpaired) electrons. The molecule has 0 saturated carbocycles. The van der Waals surface area contributed by atoms with Crippen molar-refractivity contribution in [1.82, 2.24) is 5.32 Å². The van der Waals surface area contributed by atoms with Crippen LogP contribution >= 0.6 is 11.6 Å². The minimum Gasteiger partial charge on any atom is -0.399 e. The lowest BCUT2D eigenvalue weighted by atomic mass is 10.1. The van der Waals surface area contributed by atoms with Crippen molar-refractivity contribution in [1.29, 1.82) is 0 Å². The Morgan fingerprint density at radius 2 is 2.23 bits per heavy atom. The van der Waals surface area contributed by atoms with Crippen LogP contribution in [-0.4, -0.2) is 13.1 Å². The highest BCUT2D eigenvalue weighted by Gasteiger charge is 2.04. The molecular weight excluding hydrogens is 184 g/mol. The average Bonchev–Trinajstić information content (AvgIpc) is 2.11. The van der Waals surface area contributed by atoms with E-state index in [4.69, 9.17) is 17.3 Å². The van der Waals surface area contributed by atoms with Crippen LogP contribution in [0.1, 0.15) is 12.5 Å². The molecule has 1 rings (SSSR count). The van der Waals surface area contributed by atoms with Gasteiger partial charge >= 0.3 is 0 Å². The topological polar surface area (TPSA) is 38.0 Å². The molecule has 2 nitrogen and oxygen atoms in total. The summed E-state index contributed by atoms with van der Waals surface area (Å²) in [4.78, 5) is 0. The van der Waals surface area contributed by atoms with Gasteiger partial charge in [0.25, 0.3) is 0 Å². The molecule has 0 fully saturated rings. The summed E-state index contributed by atoms with van der Waals surface area (Å²) in [5.41, 5.74) is 7.72. The zero-order valence-corrected chi connectivity index (χ0v) is 8.73. The number of anilines is 1. The lowest BCUT2D eigenvalue weighted by Gasteiger charge is -2.12. The van der Waals surface area contributed by atoms with Gasteiger partial charge in [-0.2, -0.15) is 0 Å². The summed E-state index contributed by atoms with van der Waals surface area (Å²) in [5, 5.41) is 3.90. The second-order valence-corrected chi connectivity index (χ2v) is 3.67. The van der Waals surface area contributed by atoms with E-state index in [-0.39, 0.29) is 0 Å². The number of hydrogen-bond donors (Lipinski definition) is 2. The summed E-state index contributed by atoms with van der Waals surface area (Å²) < 4.78 is 0. The molecule has 1 unspecified atom stereocenters. The van der Waals surface area contributed by atoms with Gasteiger partial charge in [-0.15, -0.1) is 0 Å². The number of nitrogens with two attached hydrogens (primary N) is 1. The number of hydrogen-bond acceptors (Lipinski definition) is 2. The third kappa shape index (κ3) is 2.90. The predicted molar refractivity (Wildman–Crippen MR) is 58.1 cm³/mol. The van der Waals surface area contributed by atoms with Gasteiger partial charge in [0.1, 0.15) is 0 Å². The monoisotopic (exact) mass is 198 g/mol. The van der Waals surface area contributed by atoms with Crippen molar-refractivity contribution < 1.29 is 0 Å². The SMILES string of the molecule is CNC(C)Cc1cc(Cl)ccc1N. The van der Waals surface area contributed by atoms with Crippen LogP contribution in [0.5, 0.6) is 0 Å². The van der Waals surface area contributed by atoms with Crippen molar-refractivity contribution in [2.24, 2.45) is 0 Å². The molecule has 13 heavy (non-hydrogen) atoms. The molecule has 72 valence electrons. The first-order valence-corrected chi connectivity index (χ1v) is 4.72. The molecule has 0 spiro atoms. The first-order valence-electron chi connectivity index (χ1n) is 4.34. The maximum absolute atomic E-state index is 5.87. The maximum Gasteiger partial charge on any atom is 0.0410 e. The third-order valence-electron chi connectivity index (χ3n) is 2.12. The van der Waals surface area contributed by atoms with Gasteiger partial charge in [-0.3, -0.25) is 0 Å². The minimum atomic E-state index is 0.417. The van der Waals surface area contributed by atoms with Gasteiger partial charge in [-0.05, 0) is 44.2 Å². The fourth-order valence-electron chi connectivity index (χ4n) is 1.18. The number of halogens is 1. The second-order valence-electron chi connectivity index (χ2n) is 3.24. The van der Waals surface area contributed by atoms with Gasteiger partial charge in [0, 0.05) is 16.8 Å². The van der Waals surface area contributed by atoms with Crippen molar-refractivity contribution >= 4 is 17.3 Å². The van der Waals surface area contributed by atoms with E-state index in [1.165, 1.54) is 0 Å². The lowest BCUT2D eigenvalue weighted by Crippen LogP contribution is -2.23. The minimum absolute atomic E-state index is 0.417. The van der Waals surface area contributed by atoms with Crippen molar-refractivity contribution in [3.8, 4) is 0 Å². The van der Waals surface area contributed by atoms with Crippen LogP contribution in [0.15, 0.2) is 18.2 Å². The van der Waals surface area contributed by atoms with Crippen LogP contribution in [0.25, 0.3) is 0 Å². The molecule has 0 aliphatic heterocycles. The van der Waals surface area contributed by atoms with Gasteiger partial charge < -0.3 is 11.1 Å². The second kappa shape index (κ2) is 4.49. The Hall–Kier alpha value is -0.730. The third-order valence-corrected chi connectivity index (χ3v) is 2.36. The van der Waals surface area contributed by atoms with Gasteiger partial charge in [-0.1, -0.05) is 11.6 Å². The molecule has 0 amide bonds. The zero-order chi connectivity index (χ0) is 9.84. The summed E-state index contributed by atoms with van der Waals surface area (Å²) >= 11 is 5.87.